The van der Waals surface area contributed by atoms with Crippen molar-refractivity contribution in [2.75, 3.05) is 19.6 Å². The van der Waals surface area contributed by atoms with E-state index in [1.165, 1.54) is 5.56 Å². The number of hydrogen-bond acceptors (Lipinski definition) is 3. The summed E-state index contributed by atoms with van der Waals surface area (Å²) in [6.45, 7) is 7.78. The molecule has 1 heterocycles. The van der Waals surface area contributed by atoms with Crippen LogP contribution in [0.25, 0.3) is 0 Å². The minimum absolute atomic E-state index is 0.215. The fourth-order valence-electron chi connectivity index (χ4n) is 3.01. The Kier molecular flexibility index (Phi) is 5.46. The van der Waals surface area contributed by atoms with E-state index in [2.05, 4.69) is 24.3 Å². The van der Waals surface area contributed by atoms with Crippen LogP contribution in [-0.4, -0.2) is 36.2 Å². The van der Waals surface area contributed by atoms with Crippen molar-refractivity contribution < 1.29 is 9.53 Å². The Labute approximate surface area is 133 Å². The van der Waals surface area contributed by atoms with Crippen LogP contribution in [-0.2, 0) is 11.2 Å². The molecule has 0 spiro atoms. The van der Waals surface area contributed by atoms with E-state index in [0.29, 0.717) is 24.9 Å². The number of amides is 1. The maximum atomic E-state index is 12.2. The van der Waals surface area contributed by atoms with Crippen molar-refractivity contribution in [1.29, 1.82) is 0 Å². The lowest BCUT2D eigenvalue weighted by atomic mass is 9.90. The predicted octanol–water partition coefficient (Wildman–Crippen LogP) is 3.06. The zero-order chi connectivity index (χ0) is 16.2. The van der Waals surface area contributed by atoms with Crippen LogP contribution in [0.1, 0.15) is 32.8 Å². The van der Waals surface area contributed by atoms with Crippen molar-refractivity contribution in [1.82, 2.24) is 4.90 Å². The standard InChI is InChI=1S/C18H28N2O2/c1-18(2,3)22-17(21)20-12-15(16(11-19)13-20)10-9-14-7-5-4-6-8-14/h4-8,15-16H,9-13,19H2,1-3H3/t15-,16-/m1/s1. The Morgan fingerprint density at radius 1 is 1.23 bits per heavy atom. The van der Waals surface area contributed by atoms with Crippen LogP contribution >= 0.6 is 0 Å². The van der Waals surface area contributed by atoms with Crippen LogP contribution in [0, 0.1) is 11.8 Å². The SMILES string of the molecule is CC(C)(C)OC(=O)N1C[C@@H](CN)[C@H](CCc2ccccc2)C1. The van der Waals surface area contributed by atoms with Crippen molar-refractivity contribution in [3.05, 3.63) is 35.9 Å². The summed E-state index contributed by atoms with van der Waals surface area (Å²) in [6.07, 6.45) is 1.88. The van der Waals surface area contributed by atoms with E-state index in [9.17, 15) is 4.79 Å². The number of nitrogens with zero attached hydrogens (tertiary/aromatic N) is 1. The molecule has 22 heavy (non-hydrogen) atoms. The third-order valence-electron chi connectivity index (χ3n) is 4.18. The summed E-state index contributed by atoms with van der Waals surface area (Å²) >= 11 is 0. The number of rotatable bonds is 4. The van der Waals surface area contributed by atoms with E-state index in [0.717, 1.165) is 19.4 Å². The van der Waals surface area contributed by atoms with Crippen molar-refractivity contribution in [2.45, 2.75) is 39.2 Å². The van der Waals surface area contributed by atoms with Gasteiger partial charge in [0, 0.05) is 13.1 Å². The van der Waals surface area contributed by atoms with Crippen molar-refractivity contribution in [3.63, 3.8) is 0 Å². The highest BCUT2D eigenvalue weighted by Crippen LogP contribution is 2.28. The van der Waals surface area contributed by atoms with Gasteiger partial charge in [-0.1, -0.05) is 30.3 Å². The summed E-state index contributed by atoms with van der Waals surface area (Å²) in [5.74, 6) is 0.828. The van der Waals surface area contributed by atoms with E-state index in [1.54, 1.807) is 0 Å². The molecule has 0 bridgehead atoms. The molecule has 4 nitrogen and oxygen atoms in total. The molecule has 4 heteroatoms. The lowest BCUT2D eigenvalue weighted by Crippen LogP contribution is -2.35. The molecule has 1 aliphatic heterocycles. The molecule has 2 atom stereocenters. The first-order chi connectivity index (χ1) is 10.4. The summed E-state index contributed by atoms with van der Waals surface area (Å²) in [6, 6.07) is 10.5. The highest BCUT2D eigenvalue weighted by molar-refractivity contribution is 5.68. The maximum absolute atomic E-state index is 12.2. The molecule has 0 unspecified atom stereocenters. The predicted molar refractivity (Wildman–Crippen MR) is 88.6 cm³/mol. The van der Waals surface area contributed by atoms with Gasteiger partial charge < -0.3 is 15.4 Å². The molecule has 0 radical (unpaired) electrons. The van der Waals surface area contributed by atoms with E-state index in [4.69, 9.17) is 10.5 Å². The summed E-state index contributed by atoms with van der Waals surface area (Å²) in [5, 5.41) is 0. The molecular weight excluding hydrogens is 276 g/mol. The normalized spacial score (nSPS) is 21.9. The van der Waals surface area contributed by atoms with E-state index < -0.39 is 5.60 Å². The average molecular weight is 304 g/mol. The van der Waals surface area contributed by atoms with Crippen molar-refractivity contribution in [3.8, 4) is 0 Å². The Balaban J connectivity index is 1.90. The first kappa shape index (κ1) is 16.8. The van der Waals surface area contributed by atoms with Gasteiger partial charge in [-0.2, -0.15) is 0 Å². The van der Waals surface area contributed by atoms with Crippen LogP contribution in [0.2, 0.25) is 0 Å². The molecule has 1 aromatic carbocycles. The Morgan fingerprint density at radius 2 is 1.86 bits per heavy atom. The van der Waals surface area contributed by atoms with Gasteiger partial charge in [0.1, 0.15) is 5.60 Å². The van der Waals surface area contributed by atoms with Gasteiger partial charge in [0.25, 0.3) is 0 Å². The summed E-state index contributed by atoms with van der Waals surface area (Å²) in [7, 11) is 0. The monoisotopic (exact) mass is 304 g/mol. The molecule has 2 N–H and O–H groups in total. The molecule has 122 valence electrons. The average Bonchev–Trinajstić information content (AvgIpc) is 2.88. The van der Waals surface area contributed by atoms with Crippen LogP contribution in [0.15, 0.2) is 30.3 Å². The molecule has 1 fully saturated rings. The van der Waals surface area contributed by atoms with Gasteiger partial charge in [-0.15, -0.1) is 0 Å². The molecule has 0 saturated carbocycles. The fraction of sp³-hybridized carbons (Fsp3) is 0.611. The minimum Gasteiger partial charge on any atom is -0.444 e. The first-order valence-corrected chi connectivity index (χ1v) is 8.11. The summed E-state index contributed by atoms with van der Waals surface area (Å²) in [4.78, 5) is 14.0. The Morgan fingerprint density at radius 3 is 2.45 bits per heavy atom. The van der Waals surface area contributed by atoms with Gasteiger partial charge in [0.15, 0.2) is 0 Å². The highest BCUT2D eigenvalue weighted by atomic mass is 16.6. The second kappa shape index (κ2) is 7.14. The van der Waals surface area contributed by atoms with Gasteiger partial charge in [-0.05, 0) is 57.6 Å². The topological polar surface area (TPSA) is 55.6 Å². The molecule has 1 saturated heterocycles. The zero-order valence-electron chi connectivity index (χ0n) is 13.9. The largest absolute Gasteiger partial charge is 0.444 e. The molecule has 1 aliphatic rings. The second-order valence-corrected chi connectivity index (χ2v) is 7.17. The molecular formula is C18H28N2O2. The zero-order valence-corrected chi connectivity index (χ0v) is 13.9. The van der Waals surface area contributed by atoms with Gasteiger partial charge in [0.2, 0.25) is 0 Å². The summed E-state index contributed by atoms with van der Waals surface area (Å²) in [5.41, 5.74) is 6.80. The molecule has 1 amide bonds. The molecule has 0 aliphatic carbocycles. The van der Waals surface area contributed by atoms with Crippen LogP contribution < -0.4 is 5.73 Å². The number of nitrogens with two attached hydrogens (primary N) is 1. The lowest BCUT2D eigenvalue weighted by molar-refractivity contribution is 0.0284. The number of carbonyl (C=O) groups is 1. The number of carbonyl (C=O) groups excluding carboxylic acids is 1. The molecule has 0 aromatic heterocycles. The highest BCUT2D eigenvalue weighted by Gasteiger charge is 2.35. The van der Waals surface area contributed by atoms with Crippen LogP contribution in [0.5, 0.6) is 0 Å². The maximum Gasteiger partial charge on any atom is 0.410 e. The van der Waals surface area contributed by atoms with E-state index >= 15 is 0 Å². The van der Waals surface area contributed by atoms with Gasteiger partial charge in [-0.25, -0.2) is 4.79 Å². The van der Waals surface area contributed by atoms with Crippen LogP contribution in [0.3, 0.4) is 0 Å². The second-order valence-electron chi connectivity index (χ2n) is 7.17. The molecule has 1 aromatic rings. The Bertz CT molecular complexity index is 482. The number of ether oxygens (including phenoxy) is 1. The van der Waals surface area contributed by atoms with Gasteiger partial charge in [-0.3, -0.25) is 0 Å². The van der Waals surface area contributed by atoms with E-state index in [1.807, 2.05) is 31.7 Å². The van der Waals surface area contributed by atoms with Gasteiger partial charge in [0.05, 0.1) is 0 Å². The number of aryl methyl sites for hydroxylation is 1. The number of hydrogen-bond donors (Lipinski definition) is 1. The molecule has 2 rings (SSSR count). The van der Waals surface area contributed by atoms with Crippen molar-refractivity contribution in [2.24, 2.45) is 17.6 Å². The minimum atomic E-state index is -0.447. The van der Waals surface area contributed by atoms with Crippen LogP contribution in [0.4, 0.5) is 4.79 Å². The van der Waals surface area contributed by atoms with Crippen molar-refractivity contribution >= 4 is 6.09 Å². The number of benzene rings is 1. The lowest BCUT2D eigenvalue weighted by Gasteiger charge is -2.24. The Hall–Kier alpha value is -1.55. The number of likely N-dealkylation sites (tertiary alicyclic amines) is 1. The fourth-order valence-corrected chi connectivity index (χ4v) is 3.01. The third kappa shape index (κ3) is 4.73. The quantitative estimate of drug-likeness (QED) is 0.930. The van der Waals surface area contributed by atoms with E-state index in [-0.39, 0.29) is 6.09 Å². The summed E-state index contributed by atoms with van der Waals surface area (Å²) < 4.78 is 5.47. The van der Waals surface area contributed by atoms with Gasteiger partial charge >= 0.3 is 6.09 Å². The smallest absolute Gasteiger partial charge is 0.410 e. The third-order valence-corrected chi connectivity index (χ3v) is 4.18. The first-order valence-electron chi connectivity index (χ1n) is 8.11.